The van der Waals surface area contributed by atoms with E-state index in [1.165, 1.54) is 30.6 Å². The molecule has 0 saturated heterocycles. The summed E-state index contributed by atoms with van der Waals surface area (Å²) in [6.07, 6.45) is 9.86. The van der Waals surface area contributed by atoms with Crippen LogP contribution < -0.4 is 0 Å². The number of unbranched alkanes of at least 4 members (excludes halogenated alkanes) is 4. The molecule has 0 spiro atoms. The van der Waals surface area contributed by atoms with E-state index in [0.29, 0.717) is 6.42 Å². The molecular formula is C17H24O3S. The number of thiophene rings is 1. The lowest BCUT2D eigenvalue weighted by Crippen LogP contribution is -2.10. The van der Waals surface area contributed by atoms with Gasteiger partial charge < -0.3 is 4.74 Å². The van der Waals surface area contributed by atoms with Crippen LogP contribution in [0.15, 0.2) is 29.7 Å². The zero-order valence-electron chi connectivity index (χ0n) is 12.7. The van der Waals surface area contributed by atoms with Gasteiger partial charge in [-0.2, -0.15) is 0 Å². The molecule has 0 N–H and O–H groups in total. The first-order valence-corrected chi connectivity index (χ1v) is 8.47. The van der Waals surface area contributed by atoms with Crippen molar-refractivity contribution in [2.24, 2.45) is 0 Å². The Balaban J connectivity index is 2.04. The Morgan fingerprint density at radius 1 is 1.29 bits per heavy atom. The van der Waals surface area contributed by atoms with Crippen LogP contribution in [0, 0.1) is 0 Å². The summed E-state index contributed by atoms with van der Waals surface area (Å²) in [6.45, 7) is 2.35. The fraction of sp³-hybridized carbons (Fsp3) is 0.529. The van der Waals surface area contributed by atoms with Gasteiger partial charge in [0.25, 0.3) is 0 Å². The van der Waals surface area contributed by atoms with Gasteiger partial charge in [0.15, 0.2) is 5.78 Å². The Morgan fingerprint density at radius 2 is 2.14 bits per heavy atom. The summed E-state index contributed by atoms with van der Waals surface area (Å²) in [4.78, 5) is 24.0. The lowest BCUT2D eigenvalue weighted by Gasteiger charge is -2.02. The molecule has 0 atom stereocenters. The van der Waals surface area contributed by atoms with E-state index in [4.69, 9.17) is 4.74 Å². The Labute approximate surface area is 131 Å². The molecule has 3 nitrogen and oxygen atoms in total. The molecule has 21 heavy (non-hydrogen) atoms. The maximum atomic E-state index is 11.6. The smallest absolute Gasteiger partial charge is 0.311 e. The minimum atomic E-state index is -0.270. The van der Waals surface area contributed by atoms with Crippen LogP contribution in [0.4, 0.5) is 0 Å². The van der Waals surface area contributed by atoms with Crippen LogP contribution in [-0.4, -0.2) is 18.4 Å². The van der Waals surface area contributed by atoms with Crippen molar-refractivity contribution in [1.29, 1.82) is 0 Å². The third-order valence-electron chi connectivity index (χ3n) is 3.04. The van der Waals surface area contributed by atoms with E-state index in [-0.39, 0.29) is 24.8 Å². The molecule has 1 heterocycles. The van der Waals surface area contributed by atoms with E-state index in [9.17, 15) is 9.59 Å². The molecule has 1 rings (SSSR count). The van der Waals surface area contributed by atoms with Crippen molar-refractivity contribution in [3.63, 3.8) is 0 Å². The third-order valence-corrected chi connectivity index (χ3v) is 3.91. The van der Waals surface area contributed by atoms with Crippen molar-refractivity contribution < 1.29 is 14.3 Å². The number of ketones is 1. The van der Waals surface area contributed by atoms with Crippen LogP contribution in [0.1, 0.15) is 50.3 Å². The number of carbonyl (C=O) groups excluding carboxylic acids is 2. The van der Waals surface area contributed by atoms with Gasteiger partial charge in [-0.3, -0.25) is 9.59 Å². The van der Waals surface area contributed by atoms with Crippen molar-refractivity contribution in [2.45, 2.75) is 51.9 Å². The number of hydrogen-bond acceptors (Lipinski definition) is 4. The monoisotopic (exact) mass is 308 g/mol. The molecule has 0 fully saturated rings. The SMILES string of the molecule is CCCCCC/C=C/C(=O)CCOC(=O)Cc1cccs1. The van der Waals surface area contributed by atoms with Crippen molar-refractivity contribution in [1.82, 2.24) is 0 Å². The van der Waals surface area contributed by atoms with Crippen LogP contribution in [0.2, 0.25) is 0 Å². The predicted molar refractivity (Wildman–Crippen MR) is 86.5 cm³/mol. The number of carbonyl (C=O) groups is 2. The Bertz CT molecular complexity index is 435. The minimum Gasteiger partial charge on any atom is -0.465 e. The zero-order valence-corrected chi connectivity index (χ0v) is 13.5. The van der Waals surface area contributed by atoms with Gasteiger partial charge in [-0.1, -0.05) is 38.3 Å². The molecule has 4 heteroatoms. The van der Waals surface area contributed by atoms with Gasteiger partial charge in [-0.25, -0.2) is 0 Å². The van der Waals surface area contributed by atoms with Gasteiger partial charge in [-0.05, 0) is 30.4 Å². The van der Waals surface area contributed by atoms with Crippen LogP contribution in [-0.2, 0) is 20.7 Å². The Kier molecular flexibility index (Phi) is 9.46. The molecule has 0 aliphatic carbocycles. The van der Waals surface area contributed by atoms with E-state index in [1.54, 1.807) is 6.08 Å². The molecule has 0 amide bonds. The molecule has 1 aromatic rings. The Morgan fingerprint density at radius 3 is 2.86 bits per heavy atom. The third kappa shape index (κ3) is 9.19. The van der Waals surface area contributed by atoms with Gasteiger partial charge in [-0.15, -0.1) is 11.3 Å². The summed E-state index contributed by atoms with van der Waals surface area (Å²) in [5.74, 6) is -0.247. The van der Waals surface area contributed by atoms with Crippen LogP contribution in [0.3, 0.4) is 0 Å². The highest BCUT2D eigenvalue weighted by Gasteiger charge is 2.06. The molecule has 0 unspecified atom stereocenters. The van der Waals surface area contributed by atoms with Crippen molar-refractivity contribution >= 4 is 23.1 Å². The molecule has 116 valence electrons. The van der Waals surface area contributed by atoms with Gasteiger partial charge >= 0.3 is 5.97 Å². The second-order valence-electron chi connectivity index (χ2n) is 4.94. The number of ether oxygens (including phenoxy) is 1. The van der Waals surface area contributed by atoms with Gasteiger partial charge in [0.05, 0.1) is 13.0 Å². The maximum absolute atomic E-state index is 11.6. The van der Waals surface area contributed by atoms with E-state index < -0.39 is 0 Å². The molecule has 1 aromatic heterocycles. The topological polar surface area (TPSA) is 43.4 Å². The summed E-state index contributed by atoms with van der Waals surface area (Å²) in [5, 5.41) is 1.93. The first-order chi connectivity index (χ1) is 10.2. The highest BCUT2D eigenvalue weighted by Crippen LogP contribution is 2.09. The quantitative estimate of drug-likeness (QED) is 0.347. The second kappa shape index (κ2) is 11.3. The second-order valence-corrected chi connectivity index (χ2v) is 5.98. The zero-order chi connectivity index (χ0) is 15.3. The highest BCUT2D eigenvalue weighted by atomic mass is 32.1. The summed E-state index contributed by atoms with van der Waals surface area (Å²) < 4.78 is 5.06. The Hall–Kier alpha value is -1.42. The molecule has 0 aliphatic heterocycles. The van der Waals surface area contributed by atoms with Crippen LogP contribution in [0.25, 0.3) is 0 Å². The standard InChI is InChI=1S/C17H24O3S/c1-2-3-4-5-6-7-9-15(18)11-12-20-17(19)14-16-10-8-13-21-16/h7-10,13H,2-6,11-12,14H2,1H3/b9-7+. The lowest BCUT2D eigenvalue weighted by atomic mass is 10.1. The molecule has 0 radical (unpaired) electrons. The average molecular weight is 308 g/mol. The maximum Gasteiger partial charge on any atom is 0.311 e. The number of allylic oxidation sites excluding steroid dienone is 2. The van der Waals surface area contributed by atoms with Crippen molar-refractivity contribution in [2.75, 3.05) is 6.61 Å². The predicted octanol–water partition coefficient (Wildman–Crippen LogP) is 4.32. The first kappa shape index (κ1) is 17.6. The molecular weight excluding hydrogens is 284 g/mol. The van der Waals surface area contributed by atoms with E-state index >= 15 is 0 Å². The summed E-state index contributed by atoms with van der Waals surface area (Å²) in [7, 11) is 0. The van der Waals surface area contributed by atoms with Crippen molar-refractivity contribution in [3.05, 3.63) is 34.5 Å². The number of hydrogen-bond donors (Lipinski definition) is 0. The van der Waals surface area contributed by atoms with Crippen LogP contribution >= 0.6 is 11.3 Å². The van der Waals surface area contributed by atoms with Gasteiger partial charge in [0.1, 0.15) is 0 Å². The first-order valence-electron chi connectivity index (χ1n) is 7.59. The van der Waals surface area contributed by atoms with Crippen LogP contribution in [0.5, 0.6) is 0 Å². The number of esters is 1. The normalized spacial score (nSPS) is 10.9. The minimum absolute atomic E-state index is 0.0226. The van der Waals surface area contributed by atoms with Gasteiger partial charge in [0.2, 0.25) is 0 Å². The fourth-order valence-electron chi connectivity index (χ4n) is 1.86. The molecule has 0 saturated carbocycles. The van der Waals surface area contributed by atoms with Crippen molar-refractivity contribution in [3.8, 4) is 0 Å². The van der Waals surface area contributed by atoms with E-state index in [0.717, 1.165) is 17.7 Å². The largest absolute Gasteiger partial charge is 0.465 e. The molecule has 0 aliphatic rings. The summed E-state index contributed by atoms with van der Waals surface area (Å²) >= 11 is 1.53. The summed E-state index contributed by atoms with van der Waals surface area (Å²) in [6, 6.07) is 3.81. The number of rotatable bonds is 11. The average Bonchev–Trinajstić information content (AvgIpc) is 2.95. The molecule has 0 aromatic carbocycles. The van der Waals surface area contributed by atoms with E-state index in [1.807, 2.05) is 23.6 Å². The molecule has 0 bridgehead atoms. The highest BCUT2D eigenvalue weighted by molar-refractivity contribution is 7.10. The summed E-state index contributed by atoms with van der Waals surface area (Å²) in [5.41, 5.74) is 0. The fourth-order valence-corrected chi connectivity index (χ4v) is 2.55. The van der Waals surface area contributed by atoms with Gasteiger partial charge in [0, 0.05) is 11.3 Å². The lowest BCUT2D eigenvalue weighted by molar-refractivity contribution is -0.143. The van der Waals surface area contributed by atoms with E-state index in [2.05, 4.69) is 6.92 Å².